The van der Waals surface area contributed by atoms with Crippen molar-refractivity contribution >= 4 is 40.5 Å². The number of rotatable bonds is 8. The maximum Gasteiger partial charge on any atom is 0.340 e. The van der Waals surface area contributed by atoms with E-state index in [4.69, 9.17) is 26.4 Å². The van der Waals surface area contributed by atoms with Crippen LogP contribution in [0.3, 0.4) is 0 Å². The van der Waals surface area contributed by atoms with Crippen molar-refractivity contribution in [3.63, 3.8) is 0 Å². The molecule has 7 nitrogen and oxygen atoms in total. The molecule has 1 aliphatic rings. The van der Waals surface area contributed by atoms with Crippen LogP contribution in [0.2, 0.25) is 5.02 Å². The number of halogens is 2. The summed E-state index contributed by atoms with van der Waals surface area (Å²) in [5, 5.41) is 3.68. The monoisotopic (exact) mass is 487 g/mol. The highest BCUT2D eigenvalue weighted by Gasteiger charge is 2.21. The molecule has 1 aliphatic heterocycles. The normalized spacial score (nSPS) is 15.0. The van der Waals surface area contributed by atoms with Gasteiger partial charge in [0.1, 0.15) is 22.7 Å². The minimum atomic E-state index is -4.05. The lowest BCUT2D eigenvalue weighted by atomic mass is 9.98. The largest absolute Gasteiger partial charge is 0.493 e. The average Bonchev–Trinajstić information content (AvgIpc) is 2.73. The van der Waals surface area contributed by atoms with E-state index in [0.29, 0.717) is 18.3 Å². The van der Waals surface area contributed by atoms with Crippen molar-refractivity contribution in [2.75, 3.05) is 19.7 Å². The first-order valence-electron chi connectivity index (χ1n) is 9.84. The van der Waals surface area contributed by atoms with E-state index in [1.807, 2.05) is 13.0 Å². The second-order valence-electron chi connectivity index (χ2n) is 7.19. The first-order valence-corrected chi connectivity index (χ1v) is 11.6. The van der Waals surface area contributed by atoms with Gasteiger partial charge in [0, 0.05) is 19.2 Å². The lowest BCUT2D eigenvalue weighted by molar-refractivity contribution is 0.183. The van der Waals surface area contributed by atoms with Crippen LogP contribution in [0.15, 0.2) is 52.5 Å². The number of hydrogen-bond donors (Lipinski definition) is 1. The minimum absolute atomic E-state index is 0. The lowest BCUT2D eigenvalue weighted by Gasteiger charge is -2.30. The fourth-order valence-corrected chi connectivity index (χ4v) is 4.74. The highest BCUT2D eigenvalue weighted by Crippen LogP contribution is 2.29. The van der Waals surface area contributed by atoms with Crippen molar-refractivity contribution in [1.82, 2.24) is 4.90 Å². The van der Waals surface area contributed by atoms with Crippen molar-refractivity contribution < 1.29 is 17.3 Å². The molecule has 0 unspecified atom stereocenters. The Kier molecular flexibility index (Phi) is 9.28. The van der Waals surface area contributed by atoms with E-state index < -0.39 is 10.1 Å². The van der Waals surface area contributed by atoms with Crippen LogP contribution in [0.1, 0.15) is 25.3 Å². The summed E-state index contributed by atoms with van der Waals surface area (Å²) in [6.07, 6.45) is 4.33. The molecule has 0 aliphatic carbocycles. The Morgan fingerprint density at radius 3 is 2.52 bits per heavy atom. The van der Waals surface area contributed by atoms with Crippen LogP contribution in [0.4, 0.5) is 0 Å². The van der Waals surface area contributed by atoms with Gasteiger partial charge in [0.2, 0.25) is 0 Å². The number of aryl methyl sites for hydroxylation is 1. The summed E-state index contributed by atoms with van der Waals surface area (Å²) in [6.45, 7) is 4.31. The van der Waals surface area contributed by atoms with E-state index in [9.17, 15) is 8.42 Å². The third-order valence-corrected chi connectivity index (χ3v) is 6.77. The Labute approximate surface area is 194 Å². The average molecular weight is 488 g/mol. The molecule has 2 aromatic rings. The van der Waals surface area contributed by atoms with Crippen molar-refractivity contribution in [3.8, 4) is 11.5 Å². The van der Waals surface area contributed by atoms with E-state index in [1.165, 1.54) is 12.1 Å². The molecule has 3 rings (SSSR count). The topological polar surface area (TPSA) is 94.2 Å². The lowest BCUT2D eigenvalue weighted by Crippen LogP contribution is -2.34. The van der Waals surface area contributed by atoms with Gasteiger partial charge in [0.15, 0.2) is 0 Å². The number of ether oxygens (including phenoxy) is 1. The van der Waals surface area contributed by atoms with Gasteiger partial charge in [-0.2, -0.15) is 13.5 Å². The molecule has 1 saturated heterocycles. The smallest absolute Gasteiger partial charge is 0.340 e. The number of nitrogens with zero attached hydrogens (tertiary/aromatic N) is 2. The van der Waals surface area contributed by atoms with Crippen LogP contribution in [0.25, 0.3) is 0 Å². The van der Waals surface area contributed by atoms with Crippen LogP contribution in [0, 0.1) is 5.92 Å². The first-order chi connectivity index (χ1) is 14.4. The van der Waals surface area contributed by atoms with Crippen molar-refractivity contribution in [3.05, 3.63) is 53.1 Å². The maximum absolute atomic E-state index is 12.7. The summed E-state index contributed by atoms with van der Waals surface area (Å²) in [5.74, 6) is 6.41. The minimum Gasteiger partial charge on any atom is -0.493 e. The Balaban J connectivity index is 0.00000341. The zero-order valence-electron chi connectivity index (χ0n) is 17.2. The quantitative estimate of drug-likeness (QED) is 0.198. The molecule has 1 fully saturated rings. The van der Waals surface area contributed by atoms with Crippen LogP contribution in [-0.2, 0) is 16.5 Å². The third-order valence-electron chi connectivity index (χ3n) is 5.02. The van der Waals surface area contributed by atoms with E-state index in [2.05, 4.69) is 10.0 Å². The summed E-state index contributed by atoms with van der Waals surface area (Å²) < 4.78 is 36.7. The molecule has 0 atom stereocenters. The molecule has 1 heterocycles. The molecule has 0 aromatic heterocycles. The van der Waals surface area contributed by atoms with Gasteiger partial charge in [-0.1, -0.05) is 30.7 Å². The van der Waals surface area contributed by atoms with Crippen LogP contribution < -0.4 is 14.8 Å². The number of benzene rings is 2. The van der Waals surface area contributed by atoms with Gasteiger partial charge in [-0.3, -0.25) is 0 Å². The van der Waals surface area contributed by atoms with Gasteiger partial charge in [-0.05, 0) is 55.0 Å². The maximum atomic E-state index is 12.7. The van der Waals surface area contributed by atoms with Gasteiger partial charge >= 0.3 is 10.1 Å². The van der Waals surface area contributed by atoms with Gasteiger partial charge < -0.3 is 19.7 Å². The summed E-state index contributed by atoms with van der Waals surface area (Å²) in [4.78, 5) is 2.02. The van der Waals surface area contributed by atoms with Crippen molar-refractivity contribution in [1.29, 1.82) is 0 Å². The van der Waals surface area contributed by atoms with Crippen molar-refractivity contribution in [2.24, 2.45) is 16.9 Å². The van der Waals surface area contributed by atoms with Crippen LogP contribution in [-0.4, -0.2) is 39.4 Å². The molecule has 10 heteroatoms. The van der Waals surface area contributed by atoms with E-state index >= 15 is 0 Å². The van der Waals surface area contributed by atoms with Gasteiger partial charge in [0.05, 0.1) is 11.6 Å². The molecule has 0 bridgehead atoms. The molecule has 2 N–H and O–H groups in total. The summed E-state index contributed by atoms with van der Waals surface area (Å²) >= 11 is 6.03. The van der Waals surface area contributed by atoms with Gasteiger partial charge in [-0.25, -0.2) is 0 Å². The Hall–Kier alpha value is -2.16. The third kappa shape index (κ3) is 6.92. The molecule has 0 saturated carbocycles. The van der Waals surface area contributed by atoms with E-state index in [-0.39, 0.29) is 28.1 Å². The second-order valence-corrected chi connectivity index (χ2v) is 9.11. The number of nitrogens with two attached hydrogens (primary N) is 1. The predicted molar refractivity (Wildman–Crippen MR) is 125 cm³/mol. The number of piperidine rings is 1. The SMILES string of the molecule is CCc1cc(OCC2CCN(C=NN)CC2)cc(OS(=O)(=O)c2ccccc2Cl)c1.Cl. The van der Waals surface area contributed by atoms with Gasteiger partial charge in [0.25, 0.3) is 0 Å². The zero-order chi connectivity index (χ0) is 21.6. The predicted octanol–water partition coefficient (Wildman–Crippen LogP) is 4.08. The summed E-state index contributed by atoms with van der Waals surface area (Å²) in [5.41, 5.74) is 0.922. The molecular formula is C21H27Cl2N3O4S. The molecule has 0 amide bonds. The van der Waals surface area contributed by atoms with Crippen LogP contribution in [0.5, 0.6) is 11.5 Å². The fourth-order valence-electron chi connectivity index (χ4n) is 3.33. The zero-order valence-corrected chi connectivity index (χ0v) is 19.6. The molecule has 2 aromatic carbocycles. The highest BCUT2D eigenvalue weighted by molar-refractivity contribution is 7.87. The molecule has 0 spiro atoms. The summed E-state index contributed by atoms with van der Waals surface area (Å²) in [6, 6.07) is 11.4. The van der Waals surface area contributed by atoms with E-state index in [1.54, 1.807) is 30.6 Å². The Morgan fingerprint density at radius 1 is 1.19 bits per heavy atom. The van der Waals surface area contributed by atoms with Crippen molar-refractivity contribution in [2.45, 2.75) is 31.1 Å². The summed E-state index contributed by atoms with van der Waals surface area (Å²) in [7, 11) is -4.05. The number of likely N-dealkylation sites (tertiary alicyclic amines) is 1. The Bertz CT molecular complexity index is 994. The number of hydrogen-bond acceptors (Lipinski definition) is 6. The van der Waals surface area contributed by atoms with E-state index in [0.717, 1.165) is 37.9 Å². The van der Waals surface area contributed by atoms with Gasteiger partial charge in [-0.15, -0.1) is 12.4 Å². The highest BCUT2D eigenvalue weighted by atomic mass is 35.5. The second kappa shape index (κ2) is 11.5. The molecule has 0 radical (unpaired) electrons. The van der Waals surface area contributed by atoms with Crippen LogP contribution >= 0.6 is 24.0 Å². The molecule has 31 heavy (non-hydrogen) atoms. The Morgan fingerprint density at radius 2 is 1.87 bits per heavy atom. The molecule has 170 valence electrons. The molecular weight excluding hydrogens is 461 g/mol. The number of hydrazone groups is 1. The standard InChI is InChI=1S/C21H26ClN3O4S.ClH/c1-2-16-11-18(28-14-17-7-9-25(10-8-17)15-24-23)13-19(12-16)29-30(26,27)21-6-4-3-5-20(21)22;/h3-6,11-13,15,17H,2,7-10,14,23H2,1H3;1H. The first kappa shape index (κ1) is 25.1. The fraction of sp³-hybridized carbons (Fsp3) is 0.381.